The van der Waals surface area contributed by atoms with Gasteiger partial charge in [-0.25, -0.2) is 0 Å². The van der Waals surface area contributed by atoms with Crippen molar-refractivity contribution in [2.75, 3.05) is 42.7 Å². The van der Waals surface area contributed by atoms with Crippen LogP contribution in [0.3, 0.4) is 0 Å². The molecule has 3 aromatic rings. The van der Waals surface area contributed by atoms with E-state index in [2.05, 4.69) is 29.9 Å². The molecule has 0 saturated carbocycles. The first-order chi connectivity index (χ1) is 20.9. The molecule has 232 valence electrons. The topological polar surface area (TPSA) is 286 Å². The minimum Gasteiger partial charge on any atom is -0.476 e. The van der Waals surface area contributed by atoms with Crippen LogP contribution in [0.25, 0.3) is 0 Å². The Labute approximate surface area is 246 Å². The third kappa shape index (κ3) is 6.00. The van der Waals surface area contributed by atoms with E-state index in [0.29, 0.717) is 0 Å². The first kappa shape index (κ1) is 32.2. The van der Waals surface area contributed by atoms with Gasteiger partial charge in [-0.05, 0) is 0 Å². The first-order valence-corrected chi connectivity index (χ1v) is 11.8. The van der Waals surface area contributed by atoms with Gasteiger partial charge in [-0.15, -0.1) is 0 Å². The fraction of sp³-hybridized carbons (Fsp3) is 0.409. The fourth-order valence-electron chi connectivity index (χ4n) is 4.07. The van der Waals surface area contributed by atoms with Gasteiger partial charge >= 0.3 is 52.7 Å². The van der Waals surface area contributed by atoms with E-state index in [1.807, 2.05) is 6.07 Å². The molecule has 0 aliphatic carbocycles. The smallest absolute Gasteiger partial charge is 0.354 e. The molecule has 22 heteroatoms. The number of ether oxygens (including phenoxy) is 6. The van der Waals surface area contributed by atoms with Crippen molar-refractivity contribution in [2.45, 2.75) is 18.3 Å². The highest BCUT2D eigenvalue weighted by Crippen LogP contribution is 2.44. The molecule has 3 aromatic heterocycles. The number of nitro groups is 3. The molecule has 0 unspecified atom stereocenters. The molecule has 0 saturated heterocycles. The normalized spacial score (nSPS) is 10.8. The van der Waals surface area contributed by atoms with Crippen LogP contribution < -0.4 is 28.4 Å². The van der Waals surface area contributed by atoms with Crippen molar-refractivity contribution < 1.29 is 43.2 Å². The summed E-state index contributed by atoms with van der Waals surface area (Å²) in [6.07, 6.45) is -1.77. The molecule has 0 aromatic carbocycles. The fourth-order valence-corrected chi connectivity index (χ4v) is 4.07. The van der Waals surface area contributed by atoms with Gasteiger partial charge in [-0.3, -0.25) is 30.3 Å². The third-order valence-corrected chi connectivity index (χ3v) is 5.92. The molecule has 0 aliphatic heterocycles. The number of aromatic nitrogens is 6. The van der Waals surface area contributed by atoms with E-state index in [4.69, 9.17) is 28.4 Å². The summed E-state index contributed by atoms with van der Waals surface area (Å²) < 4.78 is 30.3. The number of hydrogen-bond donors (Lipinski definition) is 0. The zero-order chi connectivity index (χ0) is 32.8. The standard InChI is InChI=1S/C22H22N10O12/c1-39-16-12(30(33)34)10(24-19(27-16)42-4)7-22(9-23,15-14(32(37)38)18(41-3)29-21(26-15)44-6)8-11-13(31(35)36)17(40-2)28-20(25-11)43-5/h7-8H2,1-6H3. The Bertz CT molecular complexity index is 1590. The van der Waals surface area contributed by atoms with Crippen molar-refractivity contribution in [1.82, 2.24) is 29.9 Å². The molecule has 0 aliphatic rings. The molecule has 44 heavy (non-hydrogen) atoms. The van der Waals surface area contributed by atoms with Crippen LogP contribution in [0.2, 0.25) is 0 Å². The molecular formula is C22H22N10O12. The molecule has 22 nitrogen and oxygen atoms in total. The molecule has 3 heterocycles. The van der Waals surface area contributed by atoms with Crippen LogP contribution in [0, 0.1) is 41.7 Å². The second-order valence-electron chi connectivity index (χ2n) is 8.27. The van der Waals surface area contributed by atoms with Crippen molar-refractivity contribution in [3.8, 4) is 41.7 Å². The number of hydrogen-bond acceptors (Lipinski definition) is 19. The molecule has 3 rings (SSSR count). The SMILES string of the molecule is COc1nc(CC(C#N)(Cc2nc(OC)nc(OC)c2[N+](=O)[O-])c2nc(OC)nc(OC)c2[N+](=O)[O-])c([N+](=O)[O-])c(OC)n1. The Hall–Kier alpha value is -6.27. The Morgan fingerprint density at radius 1 is 0.591 bits per heavy atom. The molecular weight excluding hydrogens is 596 g/mol. The van der Waals surface area contributed by atoms with E-state index in [1.54, 1.807) is 0 Å². The zero-order valence-electron chi connectivity index (χ0n) is 23.8. The minimum absolute atomic E-state index is 0.432. The summed E-state index contributed by atoms with van der Waals surface area (Å²) in [4.78, 5) is 57.3. The number of nitriles is 1. The average molecular weight is 618 g/mol. The summed E-state index contributed by atoms with van der Waals surface area (Å²) in [5, 5.41) is 47.5. The van der Waals surface area contributed by atoms with Gasteiger partial charge in [-0.1, -0.05) is 0 Å². The largest absolute Gasteiger partial charge is 0.476 e. The average Bonchev–Trinajstić information content (AvgIpc) is 3.01. The van der Waals surface area contributed by atoms with Gasteiger partial charge in [0.1, 0.15) is 16.8 Å². The summed E-state index contributed by atoms with van der Waals surface area (Å²) in [7, 11) is 6.61. The lowest BCUT2D eigenvalue weighted by Gasteiger charge is -2.26. The van der Waals surface area contributed by atoms with E-state index in [-0.39, 0.29) is 0 Å². The summed E-state index contributed by atoms with van der Waals surface area (Å²) in [5.41, 5.74) is -6.85. The second kappa shape index (κ2) is 13.1. The van der Waals surface area contributed by atoms with E-state index in [1.165, 1.54) is 0 Å². The molecule has 0 spiro atoms. The van der Waals surface area contributed by atoms with E-state index in [9.17, 15) is 35.6 Å². The lowest BCUT2D eigenvalue weighted by atomic mass is 9.75. The highest BCUT2D eigenvalue weighted by molar-refractivity contribution is 5.57. The van der Waals surface area contributed by atoms with Crippen LogP contribution >= 0.6 is 0 Å². The minimum atomic E-state index is -2.45. The van der Waals surface area contributed by atoms with Gasteiger partial charge in [-0.2, -0.15) is 35.2 Å². The summed E-state index contributed by atoms with van der Waals surface area (Å²) in [6.45, 7) is 0. The molecule has 0 atom stereocenters. The Morgan fingerprint density at radius 2 is 0.932 bits per heavy atom. The highest BCUT2D eigenvalue weighted by Gasteiger charge is 2.48. The van der Waals surface area contributed by atoms with Crippen molar-refractivity contribution >= 4 is 17.1 Å². The van der Waals surface area contributed by atoms with Crippen LogP contribution in [-0.4, -0.2) is 87.3 Å². The van der Waals surface area contributed by atoms with Gasteiger partial charge in [0.25, 0.3) is 0 Å². The summed E-state index contributed by atoms with van der Waals surface area (Å²) in [5.74, 6) is -1.81. The van der Waals surface area contributed by atoms with E-state index >= 15 is 0 Å². The molecule has 0 bridgehead atoms. The maximum atomic E-state index is 12.4. The molecule has 0 fully saturated rings. The van der Waals surface area contributed by atoms with Crippen molar-refractivity contribution in [3.63, 3.8) is 0 Å². The van der Waals surface area contributed by atoms with Gasteiger partial charge in [0, 0.05) is 12.8 Å². The Balaban J connectivity index is 2.56. The molecule has 0 N–H and O–H groups in total. The third-order valence-electron chi connectivity index (χ3n) is 5.92. The van der Waals surface area contributed by atoms with Gasteiger partial charge in [0.05, 0.1) is 63.5 Å². The molecule has 0 amide bonds. The lowest BCUT2D eigenvalue weighted by molar-refractivity contribution is -0.388. The van der Waals surface area contributed by atoms with Crippen LogP contribution in [0.1, 0.15) is 17.1 Å². The highest BCUT2D eigenvalue weighted by atomic mass is 16.6. The second-order valence-corrected chi connectivity index (χ2v) is 8.27. The van der Waals surface area contributed by atoms with Crippen molar-refractivity contribution in [3.05, 3.63) is 47.4 Å². The van der Waals surface area contributed by atoms with Crippen LogP contribution in [0.4, 0.5) is 17.1 Å². The monoisotopic (exact) mass is 618 g/mol. The van der Waals surface area contributed by atoms with Gasteiger partial charge < -0.3 is 28.4 Å². The summed E-state index contributed by atoms with van der Waals surface area (Å²) >= 11 is 0. The predicted molar refractivity (Wildman–Crippen MR) is 140 cm³/mol. The molecule has 0 radical (unpaired) electrons. The summed E-state index contributed by atoms with van der Waals surface area (Å²) in [6, 6.07) is 0.497. The Kier molecular flexibility index (Phi) is 9.63. The number of rotatable bonds is 14. The van der Waals surface area contributed by atoms with Crippen LogP contribution in [0.15, 0.2) is 0 Å². The lowest BCUT2D eigenvalue weighted by Crippen LogP contribution is -2.34. The van der Waals surface area contributed by atoms with Crippen molar-refractivity contribution in [2.24, 2.45) is 0 Å². The maximum absolute atomic E-state index is 12.4. The number of methoxy groups -OCH3 is 6. The van der Waals surface area contributed by atoms with Crippen LogP contribution in [-0.2, 0) is 18.3 Å². The predicted octanol–water partition coefficient (Wildman–Crippen LogP) is 1.08. The maximum Gasteiger partial charge on any atom is 0.354 e. The zero-order valence-corrected chi connectivity index (χ0v) is 23.8. The quantitative estimate of drug-likeness (QED) is 0.180. The van der Waals surface area contributed by atoms with E-state index in [0.717, 1.165) is 42.7 Å². The first-order valence-electron chi connectivity index (χ1n) is 11.8. The Morgan fingerprint density at radius 3 is 1.23 bits per heavy atom. The number of nitrogens with zero attached hydrogens (tertiary/aromatic N) is 10. The van der Waals surface area contributed by atoms with Gasteiger partial charge in [0.15, 0.2) is 5.69 Å². The van der Waals surface area contributed by atoms with Crippen LogP contribution in [0.5, 0.6) is 35.7 Å². The van der Waals surface area contributed by atoms with E-state index < -0.39 is 103 Å². The van der Waals surface area contributed by atoms with Crippen molar-refractivity contribution in [1.29, 1.82) is 5.26 Å². The van der Waals surface area contributed by atoms with Gasteiger partial charge in [0.2, 0.25) is 0 Å².